The van der Waals surface area contributed by atoms with Gasteiger partial charge >= 0.3 is 0 Å². The van der Waals surface area contributed by atoms with E-state index in [1.807, 2.05) is 48.7 Å². The molecule has 1 aromatic heterocycles. The van der Waals surface area contributed by atoms with Crippen LogP contribution in [0.1, 0.15) is 17.2 Å². The van der Waals surface area contributed by atoms with E-state index in [9.17, 15) is 0 Å². The Bertz CT molecular complexity index is 981. The lowest BCUT2D eigenvalue weighted by Gasteiger charge is -2.26. The smallest absolute Gasteiger partial charge is 0.123 e. The van der Waals surface area contributed by atoms with Crippen LogP contribution in [0.4, 0.5) is 0 Å². The van der Waals surface area contributed by atoms with E-state index in [0.717, 1.165) is 52.8 Å². The summed E-state index contributed by atoms with van der Waals surface area (Å²) in [6, 6.07) is 15.9. The largest absolute Gasteiger partial charge is 0.497 e. The summed E-state index contributed by atoms with van der Waals surface area (Å²) in [6.45, 7) is 2.19. The van der Waals surface area contributed by atoms with Gasteiger partial charge in [-0.05, 0) is 30.3 Å². The van der Waals surface area contributed by atoms with Crippen molar-refractivity contribution < 1.29 is 9.47 Å². The highest BCUT2D eigenvalue weighted by atomic mass is 16.5. The van der Waals surface area contributed by atoms with Crippen molar-refractivity contribution in [2.45, 2.75) is 12.6 Å². The van der Waals surface area contributed by atoms with Crippen LogP contribution in [0.5, 0.6) is 11.5 Å². The van der Waals surface area contributed by atoms with Crippen LogP contribution in [0.25, 0.3) is 11.3 Å². The van der Waals surface area contributed by atoms with E-state index in [2.05, 4.69) is 26.9 Å². The van der Waals surface area contributed by atoms with Crippen molar-refractivity contribution in [2.75, 3.05) is 27.3 Å². The lowest BCUT2D eigenvalue weighted by Crippen LogP contribution is -2.42. The minimum atomic E-state index is -0.0608. The number of aromatic nitrogens is 2. The number of aromatic amines is 1. The number of aliphatic imine (C=N–C) groups is 1. The van der Waals surface area contributed by atoms with Crippen molar-refractivity contribution in [3.05, 3.63) is 65.9 Å². The predicted octanol–water partition coefficient (Wildman–Crippen LogP) is 2.93. The average molecular weight is 391 g/mol. The Labute approximate surface area is 170 Å². The number of benzene rings is 2. The summed E-state index contributed by atoms with van der Waals surface area (Å²) in [5.41, 5.74) is 4.17. The first-order valence-electron chi connectivity index (χ1n) is 9.61. The van der Waals surface area contributed by atoms with Gasteiger partial charge < -0.3 is 20.1 Å². The Morgan fingerprint density at radius 3 is 2.69 bits per heavy atom. The highest BCUT2D eigenvalue weighted by molar-refractivity contribution is 5.90. The molecule has 0 spiro atoms. The van der Waals surface area contributed by atoms with Crippen LogP contribution in [0.2, 0.25) is 0 Å². The number of hydrogen-bond acceptors (Lipinski definition) is 6. The predicted molar refractivity (Wildman–Crippen MR) is 113 cm³/mol. The Balaban J connectivity index is 1.57. The molecule has 1 atom stereocenters. The number of ether oxygens (including phenoxy) is 2. The average Bonchev–Trinajstić information content (AvgIpc) is 3.28. The van der Waals surface area contributed by atoms with Crippen molar-refractivity contribution >= 4 is 5.84 Å². The molecule has 7 nitrogen and oxygen atoms in total. The zero-order chi connectivity index (χ0) is 20.1. The first-order chi connectivity index (χ1) is 14.3. The molecule has 3 N–H and O–H groups in total. The molecule has 29 heavy (non-hydrogen) atoms. The molecule has 2 aromatic carbocycles. The summed E-state index contributed by atoms with van der Waals surface area (Å²) in [6.07, 6.45) is 1.86. The minimum absolute atomic E-state index is 0.0608. The fourth-order valence-corrected chi connectivity index (χ4v) is 3.53. The van der Waals surface area contributed by atoms with E-state index in [-0.39, 0.29) is 6.04 Å². The van der Waals surface area contributed by atoms with Crippen LogP contribution in [0.3, 0.4) is 0 Å². The number of rotatable bonds is 6. The summed E-state index contributed by atoms with van der Waals surface area (Å²) in [5, 5.41) is 14.5. The highest BCUT2D eigenvalue weighted by Gasteiger charge is 2.25. The number of para-hydroxylation sites is 1. The van der Waals surface area contributed by atoms with Crippen LogP contribution in [-0.4, -0.2) is 43.3 Å². The molecule has 0 saturated heterocycles. The number of methoxy groups -OCH3 is 2. The zero-order valence-electron chi connectivity index (χ0n) is 16.6. The van der Waals surface area contributed by atoms with Crippen molar-refractivity contribution in [2.24, 2.45) is 4.99 Å². The zero-order valence-corrected chi connectivity index (χ0v) is 16.6. The van der Waals surface area contributed by atoms with Gasteiger partial charge in [0.05, 0.1) is 38.7 Å². The first kappa shape index (κ1) is 19.0. The van der Waals surface area contributed by atoms with Crippen LogP contribution >= 0.6 is 0 Å². The molecule has 4 rings (SSSR count). The third-order valence-electron chi connectivity index (χ3n) is 5.03. The van der Waals surface area contributed by atoms with Crippen LogP contribution < -0.4 is 20.1 Å². The molecule has 0 fully saturated rings. The summed E-state index contributed by atoms with van der Waals surface area (Å²) < 4.78 is 10.7. The molecule has 0 amide bonds. The maximum Gasteiger partial charge on any atom is 0.123 e. The van der Waals surface area contributed by atoms with Gasteiger partial charge in [-0.25, -0.2) is 0 Å². The van der Waals surface area contributed by atoms with E-state index in [0.29, 0.717) is 6.54 Å². The van der Waals surface area contributed by atoms with Gasteiger partial charge in [-0.15, -0.1) is 0 Å². The number of amidine groups is 1. The number of hydrogen-bond donors (Lipinski definition) is 3. The third-order valence-corrected chi connectivity index (χ3v) is 5.03. The molecular weight excluding hydrogens is 366 g/mol. The second-order valence-corrected chi connectivity index (χ2v) is 6.75. The van der Waals surface area contributed by atoms with Crippen molar-refractivity contribution in [1.82, 2.24) is 20.8 Å². The maximum absolute atomic E-state index is 5.46. The molecule has 0 bridgehead atoms. The molecule has 2 heterocycles. The Kier molecular flexibility index (Phi) is 5.76. The van der Waals surface area contributed by atoms with Gasteiger partial charge in [-0.2, -0.15) is 5.10 Å². The van der Waals surface area contributed by atoms with E-state index < -0.39 is 0 Å². The van der Waals surface area contributed by atoms with Gasteiger partial charge in [-0.1, -0.05) is 18.2 Å². The molecule has 1 unspecified atom stereocenters. The van der Waals surface area contributed by atoms with E-state index in [4.69, 9.17) is 14.5 Å². The second-order valence-electron chi connectivity index (χ2n) is 6.75. The molecule has 150 valence electrons. The molecule has 1 aliphatic rings. The molecule has 3 aromatic rings. The van der Waals surface area contributed by atoms with E-state index in [1.165, 1.54) is 0 Å². The molecule has 0 saturated carbocycles. The number of H-pyrrole nitrogens is 1. The second kappa shape index (κ2) is 8.79. The van der Waals surface area contributed by atoms with Crippen LogP contribution in [0, 0.1) is 0 Å². The lowest BCUT2D eigenvalue weighted by atomic mass is 10.0. The Morgan fingerprint density at radius 1 is 1.07 bits per heavy atom. The Hall–Kier alpha value is -3.32. The van der Waals surface area contributed by atoms with Crippen molar-refractivity contribution in [1.29, 1.82) is 0 Å². The summed E-state index contributed by atoms with van der Waals surface area (Å²) in [4.78, 5) is 4.74. The molecule has 7 heteroatoms. The van der Waals surface area contributed by atoms with Crippen LogP contribution in [-0.2, 0) is 6.54 Å². The molecular formula is C22H25N5O2. The fraction of sp³-hybridized carbons (Fsp3) is 0.273. The van der Waals surface area contributed by atoms with Crippen molar-refractivity contribution in [3.63, 3.8) is 0 Å². The van der Waals surface area contributed by atoms with Gasteiger partial charge in [0.1, 0.15) is 17.3 Å². The van der Waals surface area contributed by atoms with Crippen LogP contribution in [0.15, 0.2) is 59.7 Å². The standard InChI is InChI=1S/C22H25N5O2/c1-28-17-9-7-15(8-10-17)20-18(14-26-27-20)21-22(24-12-11-23-21)25-13-16-5-3-4-6-19(16)29-2/h3-10,14,21,23H,11-13H2,1-2H3,(H,24,25)(H,26,27). The monoisotopic (exact) mass is 391 g/mol. The normalized spacial score (nSPS) is 16.2. The number of nitrogens with zero attached hydrogens (tertiary/aromatic N) is 2. The molecule has 1 aliphatic heterocycles. The van der Waals surface area contributed by atoms with Gasteiger partial charge in [-0.3, -0.25) is 10.1 Å². The summed E-state index contributed by atoms with van der Waals surface area (Å²) >= 11 is 0. The van der Waals surface area contributed by atoms with Gasteiger partial charge in [0.15, 0.2) is 0 Å². The highest BCUT2D eigenvalue weighted by Crippen LogP contribution is 2.29. The molecule has 0 aliphatic carbocycles. The fourth-order valence-electron chi connectivity index (χ4n) is 3.53. The molecule has 0 radical (unpaired) electrons. The number of nitrogens with one attached hydrogen (secondary N) is 3. The summed E-state index contributed by atoms with van der Waals surface area (Å²) in [7, 11) is 3.35. The summed E-state index contributed by atoms with van der Waals surface area (Å²) in [5.74, 6) is 2.59. The van der Waals surface area contributed by atoms with E-state index >= 15 is 0 Å². The van der Waals surface area contributed by atoms with E-state index in [1.54, 1.807) is 14.2 Å². The quantitative estimate of drug-likeness (QED) is 0.602. The third kappa shape index (κ3) is 4.09. The van der Waals surface area contributed by atoms with Gasteiger partial charge in [0.25, 0.3) is 0 Å². The van der Waals surface area contributed by atoms with Gasteiger partial charge in [0.2, 0.25) is 0 Å². The lowest BCUT2D eigenvalue weighted by molar-refractivity contribution is 0.409. The topological polar surface area (TPSA) is 83.6 Å². The Morgan fingerprint density at radius 2 is 1.90 bits per heavy atom. The first-order valence-corrected chi connectivity index (χ1v) is 9.61. The SMILES string of the molecule is COc1ccc(-c2[nH]ncc2C2NCCN=C2NCc2ccccc2OC)cc1. The minimum Gasteiger partial charge on any atom is -0.497 e. The maximum atomic E-state index is 5.46. The van der Waals surface area contributed by atoms with Crippen molar-refractivity contribution in [3.8, 4) is 22.8 Å². The van der Waals surface area contributed by atoms with Gasteiger partial charge in [0, 0.05) is 29.8 Å².